The molecule has 7 nitrogen and oxygen atoms in total. The van der Waals surface area contributed by atoms with Crippen molar-refractivity contribution in [1.82, 2.24) is 0 Å². The summed E-state index contributed by atoms with van der Waals surface area (Å²) in [5.74, 6) is -0.0386. The Balaban J connectivity index is 1.99. The topological polar surface area (TPSA) is 82.1 Å². The summed E-state index contributed by atoms with van der Waals surface area (Å²) in [6, 6.07) is 5.40. The van der Waals surface area contributed by atoms with Crippen molar-refractivity contribution in [1.29, 1.82) is 0 Å². The average Bonchev–Trinajstić information content (AvgIpc) is 2.77. The van der Waals surface area contributed by atoms with Crippen molar-refractivity contribution in [2.45, 2.75) is 12.7 Å². The molecule has 1 amide bonds. The van der Waals surface area contributed by atoms with Gasteiger partial charge in [-0.1, -0.05) is 0 Å². The molecule has 0 spiro atoms. The largest absolute Gasteiger partial charge is 0.441 e. The molecular formula is C12H13F2NO6S. The fourth-order valence-electron chi connectivity index (χ4n) is 1.83. The summed E-state index contributed by atoms with van der Waals surface area (Å²) < 4.78 is 59.6. The van der Waals surface area contributed by atoms with Gasteiger partial charge >= 0.3 is 12.7 Å². The van der Waals surface area contributed by atoms with Crippen LogP contribution in [0.5, 0.6) is 5.75 Å². The molecule has 1 aliphatic heterocycles. The molecule has 1 aromatic rings. The van der Waals surface area contributed by atoms with Gasteiger partial charge in [0.1, 0.15) is 18.5 Å². The Kier molecular flexibility index (Phi) is 4.81. The van der Waals surface area contributed by atoms with Crippen LogP contribution in [0.4, 0.5) is 19.3 Å². The van der Waals surface area contributed by atoms with Crippen molar-refractivity contribution in [3.8, 4) is 5.75 Å². The minimum Gasteiger partial charge on any atom is -0.441 e. The van der Waals surface area contributed by atoms with Crippen LogP contribution in [0.15, 0.2) is 24.3 Å². The number of carbonyl (C=O) groups is 1. The average molecular weight is 337 g/mol. The van der Waals surface area contributed by atoms with E-state index >= 15 is 0 Å². The van der Waals surface area contributed by atoms with Crippen LogP contribution < -0.4 is 9.64 Å². The lowest BCUT2D eigenvalue weighted by atomic mass is 10.2. The van der Waals surface area contributed by atoms with Crippen LogP contribution in [0.1, 0.15) is 0 Å². The lowest BCUT2D eigenvalue weighted by Crippen LogP contribution is -2.26. The summed E-state index contributed by atoms with van der Waals surface area (Å²) in [7, 11) is -3.63. The first kappa shape index (κ1) is 16.4. The normalized spacial score (nSPS) is 18.6. The van der Waals surface area contributed by atoms with E-state index in [0.29, 0.717) is 5.69 Å². The zero-order chi connectivity index (χ0) is 16.3. The number of nitrogens with zero attached hydrogens (tertiary/aromatic N) is 1. The summed E-state index contributed by atoms with van der Waals surface area (Å²) in [6.07, 6.45) is -0.521. The number of hydrogen-bond donors (Lipinski definition) is 0. The molecule has 1 unspecified atom stereocenters. The summed E-state index contributed by atoms with van der Waals surface area (Å²) in [4.78, 5) is 13.0. The van der Waals surface area contributed by atoms with E-state index in [1.807, 2.05) is 0 Å². The smallest absolute Gasteiger partial charge is 0.414 e. The zero-order valence-corrected chi connectivity index (χ0v) is 12.3. The number of amides is 1. The number of benzene rings is 1. The first-order chi connectivity index (χ1) is 10.2. The predicted molar refractivity (Wildman–Crippen MR) is 71.5 cm³/mol. The molecule has 1 aliphatic rings. The third-order valence-electron chi connectivity index (χ3n) is 2.72. The molecule has 1 fully saturated rings. The van der Waals surface area contributed by atoms with Crippen molar-refractivity contribution in [2.24, 2.45) is 0 Å². The van der Waals surface area contributed by atoms with Crippen molar-refractivity contribution >= 4 is 21.9 Å². The first-order valence-electron chi connectivity index (χ1n) is 6.12. The van der Waals surface area contributed by atoms with Gasteiger partial charge in [-0.25, -0.2) is 4.79 Å². The molecule has 22 heavy (non-hydrogen) atoms. The van der Waals surface area contributed by atoms with Crippen LogP contribution in [-0.2, 0) is 19.0 Å². The monoisotopic (exact) mass is 337 g/mol. The maximum Gasteiger partial charge on any atom is 0.414 e. The molecule has 0 aliphatic carbocycles. The van der Waals surface area contributed by atoms with Gasteiger partial charge in [0, 0.05) is 5.69 Å². The SMILES string of the molecule is CS(=O)(=O)OCC1CN(c2ccc(OC(F)F)cc2)C(=O)O1. The van der Waals surface area contributed by atoms with Crippen molar-refractivity contribution in [3.63, 3.8) is 0 Å². The Labute approximate surface area is 125 Å². The second kappa shape index (κ2) is 6.44. The number of cyclic esters (lactones) is 1. The molecule has 0 aromatic heterocycles. The summed E-state index contributed by atoms with van der Waals surface area (Å²) >= 11 is 0. The van der Waals surface area contributed by atoms with Gasteiger partial charge in [-0.05, 0) is 24.3 Å². The van der Waals surface area contributed by atoms with Gasteiger partial charge < -0.3 is 9.47 Å². The van der Waals surface area contributed by atoms with Crippen molar-refractivity contribution in [3.05, 3.63) is 24.3 Å². The van der Waals surface area contributed by atoms with E-state index in [4.69, 9.17) is 4.74 Å². The van der Waals surface area contributed by atoms with Gasteiger partial charge in [-0.3, -0.25) is 9.08 Å². The number of halogens is 2. The number of carbonyl (C=O) groups excluding carboxylic acids is 1. The van der Waals surface area contributed by atoms with Crippen LogP contribution >= 0.6 is 0 Å². The molecule has 1 saturated heterocycles. The van der Waals surface area contributed by atoms with Crippen molar-refractivity contribution < 1.29 is 35.6 Å². The van der Waals surface area contributed by atoms with Crippen LogP contribution in [-0.4, -0.2) is 46.6 Å². The second-order valence-electron chi connectivity index (χ2n) is 4.48. The van der Waals surface area contributed by atoms with Crippen LogP contribution in [0.3, 0.4) is 0 Å². The van der Waals surface area contributed by atoms with E-state index in [0.717, 1.165) is 6.26 Å². The van der Waals surface area contributed by atoms with E-state index in [1.165, 1.54) is 29.2 Å². The Hall–Kier alpha value is -1.94. The molecule has 0 radical (unpaired) electrons. The molecular weight excluding hydrogens is 324 g/mol. The third kappa shape index (κ3) is 4.53. The van der Waals surface area contributed by atoms with E-state index < -0.39 is 28.9 Å². The molecule has 0 bridgehead atoms. The molecule has 122 valence electrons. The Morgan fingerprint density at radius 1 is 1.36 bits per heavy atom. The fourth-order valence-corrected chi connectivity index (χ4v) is 2.23. The Morgan fingerprint density at radius 2 is 2.00 bits per heavy atom. The van der Waals surface area contributed by atoms with Gasteiger partial charge in [0.2, 0.25) is 0 Å². The number of alkyl halides is 2. The highest BCUT2D eigenvalue weighted by atomic mass is 32.2. The van der Waals surface area contributed by atoms with E-state index in [2.05, 4.69) is 8.92 Å². The highest BCUT2D eigenvalue weighted by Gasteiger charge is 2.33. The highest BCUT2D eigenvalue weighted by Crippen LogP contribution is 2.25. The fraction of sp³-hybridized carbons (Fsp3) is 0.417. The minimum atomic E-state index is -3.63. The number of hydrogen-bond acceptors (Lipinski definition) is 6. The second-order valence-corrected chi connectivity index (χ2v) is 6.12. The summed E-state index contributed by atoms with van der Waals surface area (Å²) in [5.41, 5.74) is 0.411. The summed E-state index contributed by atoms with van der Waals surface area (Å²) in [6.45, 7) is -3.13. The van der Waals surface area contributed by atoms with Crippen LogP contribution in [0.2, 0.25) is 0 Å². The molecule has 10 heteroatoms. The standard InChI is InChI=1S/C12H13F2NO6S/c1-22(17,18)19-7-10-6-15(12(16)21-10)8-2-4-9(5-3-8)20-11(13)14/h2-5,10-11H,6-7H2,1H3. The number of anilines is 1. The molecule has 0 saturated carbocycles. The zero-order valence-electron chi connectivity index (χ0n) is 11.4. The highest BCUT2D eigenvalue weighted by molar-refractivity contribution is 7.85. The van der Waals surface area contributed by atoms with E-state index in [-0.39, 0.29) is 18.9 Å². The van der Waals surface area contributed by atoms with Crippen molar-refractivity contribution in [2.75, 3.05) is 24.3 Å². The maximum atomic E-state index is 12.0. The van der Waals surface area contributed by atoms with Crippen LogP contribution in [0.25, 0.3) is 0 Å². The number of ether oxygens (including phenoxy) is 2. The van der Waals surface area contributed by atoms with Gasteiger partial charge in [-0.2, -0.15) is 17.2 Å². The molecule has 0 N–H and O–H groups in total. The Bertz CT molecular complexity index is 634. The maximum absolute atomic E-state index is 12.0. The van der Waals surface area contributed by atoms with Gasteiger partial charge in [0.05, 0.1) is 12.8 Å². The quantitative estimate of drug-likeness (QED) is 0.733. The molecule has 1 aromatic carbocycles. The number of rotatable bonds is 6. The van der Waals surface area contributed by atoms with E-state index in [1.54, 1.807) is 0 Å². The Morgan fingerprint density at radius 3 is 2.55 bits per heavy atom. The lowest BCUT2D eigenvalue weighted by molar-refractivity contribution is -0.0498. The first-order valence-corrected chi connectivity index (χ1v) is 7.93. The van der Waals surface area contributed by atoms with Gasteiger partial charge in [-0.15, -0.1) is 0 Å². The molecule has 2 rings (SSSR count). The minimum absolute atomic E-state index is 0.0386. The van der Waals surface area contributed by atoms with Crippen LogP contribution in [0, 0.1) is 0 Å². The van der Waals surface area contributed by atoms with E-state index in [9.17, 15) is 22.0 Å². The molecule has 1 heterocycles. The van der Waals surface area contributed by atoms with Gasteiger partial charge in [0.25, 0.3) is 10.1 Å². The third-order valence-corrected chi connectivity index (χ3v) is 3.28. The summed E-state index contributed by atoms with van der Waals surface area (Å²) in [5, 5.41) is 0. The molecule has 1 atom stereocenters. The predicted octanol–water partition coefficient (Wildman–Crippen LogP) is 1.59. The van der Waals surface area contributed by atoms with Gasteiger partial charge in [0.15, 0.2) is 0 Å². The lowest BCUT2D eigenvalue weighted by Gasteiger charge is -2.13.